The van der Waals surface area contributed by atoms with E-state index in [4.69, 9.17) is 4.74 Å². The standard InChI is InChI=1S/C20H26N4O4.HI/c1-3-21-20(23(2)14-16-7-5-4-6-8-16)22-13-18(25)15-28-19-11-9-17(10-12-19)24(26)27;/h4-12,18,25H,3,13-15H2,1-2H3,(H,21,22);1H. The lowest BCUT2D eigenvalue weighted by molar-refractivity contribution is -0.384. The minimum Gasteiger partial charge on any atom is -0.491 e. The van der Waals surface area contributed by atoms with Gasteiger partial charge < -0.3 is 20.1 Å². The maximum Gasteiger partial charge on any atom is 0.269 e. The largest absolute Gasteiger partial charge is 0.491 e. The molecule has 2 rings (SSSR count). The number of nitrogens with one attached hydrogen (secondary N) is 1. The Kier molecular flexibility index (Phi) is 11.0. The molecule has 0 aliphatic carbocycles. The van der Waals surface area contributed by atoms with Crippen molar-refractivity contribution in [3.63, 3.8) is 0 Å². The van der Waals surface area contributed by atoms with Crippen molar-refractivity contribution >= 4 is 35.6 Å². The summed E-state index contributed by atoms with van der Waals surface area (Å²) in [6.07, 6.45) is -0.797. The molecule has 8 nitrogen and oxygen atoms in total. The predicted molar refractivity (Wildman–Crippen MR) is 124 cm³/mol. The van der Waals surface area contributed by atoms with Crippen LogP contribution in [0, 0.1) is 10.1 Å². The van der Waals surface area contributed by atoms with Gasteiger partial charge in [-0.25, -0.2) is 0 Å². The van der Waals surface area contributed by atoms with Crippen molar-refractivity contribution in [2.75, 3.05) is 26.7 Å². The van der Waals surface area contributed by atoms with Crippen molar-refractivity contribution < 1.29 is 14.8 Å². The van der Waals surface area contributed by atoms with Gasteiger partial charge in [0.1, 0.15) is 18.5 Å². The molecule has 0 saturated carbocycles. The van der Waals surface area contributed by atoms with Crippen LogP contribution in [0.25, 0.3) is 0 Å². The van der Waals surface area contributed by atoms with E-state index >= 15 is 0 Å². The van der Waals surface area contributed by atoms with Crippen LogP contribution >= 0.6 is 24.0 Å². The van der Waals surface area contributed by atoms with Gasteiger partial charge in [0, 0.05) is 32.3 Å². The number of benzene rings is 2. The fourth-order valence-corrected chi connectivity index (χ4v) is 2.50. The first kappa shape index (κ1) is 24.6. The van der Waals surface area contributed by atoms with Crippen LogP contribution in [0.3, 0.4) is 0 Å². The molecule has 2 aromatic carbocycles. The van der Waals surface area contributed by atoms with E-state index in [9.17, 15) is 15.2 Å². The van der Waals surface area contributed by atoms with E-state index in [2.05, 4.69) is 10.3 Å². The quantitative estimate of drug-likeness (QED) is 0.176. The lowest BCUT2D eigenvalue weighted by atomic mass is 10.2. The van der Waals surface area contributed by atoms with Crippen LogP contribution < -0.4 is 10.1 Å². The molecule has 0 aliphatic rings. The summed E-state index contributed by atoms with van der Waals surface area (Å²) in [7, 11) is 1.94. The number of aliphatic hydroxyl groups excluding tert-OH is 1. The van der Waals surface area contributed by atoms with Gasteiger partial charge in [-0.2, -0.15) is 0 Å². The average molecular weight is 514 g/mol. The Labute approximate surface area is 187 Å². The number of hydrogen-bond donors (Lipinski definition) is 2. The van der Waals surface area contributed by atoms with Crippen LogP contribution in [0.5, 0.6) is 5.75 Å². The first-order chi connectivity index (χ1) is 13.5. The fraction of sp³-hybridized carbons (Fsp3) is 0.350. The van der Waals surface area contributed by atoms with Crippen LogP contribution in [-0.4, -0.2) is 53.7 Å². The first-order valence-corrected chi connectivity index (χ1v) is 9.08. The molecule has 0 radical (unpaired) electrons. The molecule has 0 fully saturated rings. The van der Waals surface area contributed by atoms with Crippen molar-refractivity contribution in [3.05, 3.63) is 70.3 Å². The molecule has 1 unspecified atom stereocenters. The van der Waals surface area contributed by atoms with E-state index in [-0.39, 0.29) is 42.8 Å². The maximum atomic E-state index is 10.7. The number of guanidine groups is 1. The fourth-order valence-electron chi connectivity index (χ4n) is 2.50. The molecule has 158 valence electrons. The number of aliphatic imine (C=N–C) groups is 1. The van der Waals surface area contributed by atoms with E-state index in [0.29, 0.717) is 24.8 Å². The van der Waals surface area contributed by atoms with Gasteiger partial charge in [0.15, 0.2) is 5.96 Å². The van der Waals surface area contributed by atoms with Crippen molar-refractivity contribution in [2.45, 2.75) is 19.6 Å². The summed E-state index contributed by atoms with van der Waals surface area (Å²) in [5.41, 5.74) is 1.16. The second-order valence-electron chi connectivity index (χ2n) is 6.25. The van der Waals surface area contributed by atoms with E-state index in [1.54, 1.807) is 0 Å². The minimum absolute atomic E-state index is 0. The third-order valence-electron chi connectivity index (χ3n) is 3.90. The van der Waals surface area contributed by atoms with E-state index in [0.717, 1.165) is 5.56 Å². The average Bonchev–Trinajstić information content (AvgIpc) is 2.70. The van der Waals surface area contributed by atoms with Gasteiger partial charge in [-0.3, -0.25) is 15.1 Å². The summed E-state index contributed by atoms with van der Waals surface area (Å²) in [6.45, 7) is 3.62. The van der Waals surface area contributed by atoms with Crippen LogP contribution in [0.4, 0.5) is 5.69 Å². The molecule has 9 heteroatoms. The number of rotatable bonds is 9. The zero-order valence-corrected chi connectivity index (χ0v) is 18.9. The number of nitrogens with zero attached hydrogens (tertiary/aromatic N) is 3. The Hall–Kier alpha value is -2.40. The van der Waals surface area contributed by atoms with Crippen LogP contribution in [-0.2, 0) is 6.54 Å². The Balaban J connectivity index is 0.00000420. The molecule has 0 amide bonds. The van der Waals surface area contributed by atoms with E-state index < -0.39 is 11.0 Å². The molecule has 29 heavy (non-hydrogen) atoms. The number of nitro benzene ring substituents is 1. The topological polar surface area (TPSA) is 100 Å². The summed E-state index contributed by atoms with van der Waals surface area (Å²) >= 11 is 0. The third kappa shape index (κ3) is 8.65. The number of halogens is 1. The molecule has 0 bridgehead atoms. The van der Waals surface area contributed by atoms with Crippen LogP contribution in [0.1, 0.15) is 12.5 Å². The minimum atomic E-state index is -0.797. The normalized spacial score (nSPS) is 11.9. The molecule has 0 saturated heterocycles. The lowest BCUT2D eigenvalue weighted by Gasteiger charge is -2.22. The van der Waals surface area contributed by atoms with Gasteiger partial charge in [-0.05, 0) is 24.6 Å². The summed E-state index contributed by atoms with van der Waals surface area (Å²) in [6, 6.07) is 15.8. The molecule has 0 spiro atoms. The Morgan fingerprint density at radius 3 is 2.48 bits per heavy atom. The van der Waals surface area contributed by atoms with Gasteiger partial charge in [0.2, 0.25) is 0 Å². The number of ether oxygens (including phenoxy) is 1. The zero-order chi connectivity index (χ0) is 20.4. The number of aliphatic hydroxyl groups is 1. The Morgan fingerprint density at radius 2 is 1.90 bits per heavy atom. The summed E-state index contributed by atoms with van der Waals surface area (Å²) in [5, 5.41) is 24.0. The lowest BCUT2D eigenvalue weighted by Crippen LogP contribution is -2.39. The zero-order valence-electron chi connectivity index (χ0n) is 16.5. The highest BCUT2D eigenvalue weighted by molar-refractivity contribution is 14.0. The van der Waals surface area contributed by atoms with Gasteiger partial charge in [0.05, 0.1) is 11.5 Å². The highest BCUT2D eigenvalue weighted by Crippen LogP contribution is 2.17. The highest BCUT2D eigenvalue weighted by Gasteiger charge is 2.10. The summed E-state index contributed by atoms with van der Waals surface area (Å²) in [4.78, 5) is 16.6. The maximum absolute atomic E-state index is 10.7. The van der Waals surface area contributed by atoms with Gasteiger partial charge >= 0.3 is 0 Å². The van der Waals surface area contributed by atoms with Gasteiger partial charge in [-0.1, -0.05) is 30.3 Å². The SMILES string of the molecule is CCNC(=NCC(O)COc1ccc([N+](=O)[O-])cc1)N(C)Cc1ccccc1.I. The molecule has 2 aromatic rings. The van der Waals surface area contributed by atoms with Crippen LogP contribution in [0.2, 0.25) is 0 Å². The molecule has 2 N–H and O–H groups in total. The Bertz CT molecular complexity index is 772. The third-order valence-corrected chi connectivity index (χ3v) is 3.90. The summed E-state index contributed by atoms with van der Waals surface area (Å²) < 4.78 is 5.48. The second-order valence-corrected chi connectivity index (χ2v) is 6.25. The first-order valence-electron chi connectivity index (χ1n) is 9.08. The smallest absolute Gasteiger partial charge is 0.269 e. The molecular weight excluding hydrogens is 487 g/mol. The van der Waals surface area contributed by atoms with E-state index in [1.165, 1.54) is 24.3 Å². The van der Waals surface area contributed by atoms with Crippen molar-refractivity contribution in [3.8, 4) is 5.75 Å². The summed E-state index contributed by atoms with van der Waals surface area (Å²) in [5.74, 6) is 1.16. The van der Waals surface area contributed by atoms with Crippen LogP contribution in [0.15, 0.2) is 59.6 Å². The monoisotopic (exact) mass is 514 g/mol. The number of nitro groups is 1. The Morgan fingerprint density at radius 1 is 1.24 bits per heavy atom. The number of non-ortho nitro benzene ring substituents is 1. The predicted octanol–water partition coefficient (Wildman–Crippen LogP) is 3.05. The molecule has 0 aromatic heterocycles. The number of hydrogen-bond acceptors (Lipinski definition) is 5. The van der Waals surface area contributed by atoms with Crippen molar-refractivity contribution in [2.24, 2.45) is 4.99 Å². The second kappa shape index (κ2) is 12.9. The van der Waals surface area contributed by atoms with Crippen molar-refractivity contribution in [1.29, 1.82) is 0 Å². The molecule has 1 atom stereocenters. The van der Waals surface area contributed by atoms with Crippen molar-refractivity contribution in [1.82, 2.24) is 10.2 Å². The molecule has 0 heterocycles. The molecule has 0 aliphatic heterocycles. The van der Waals surface area contributed by atoms with Gasteiger partial charge in [-0.15, -0.1) is 24.0 Å². The van der Waals surface area contributed by atoms with Gasteiger partial charge in [0.25, 0.3) is 5.69 Å². The highest BCUT2D eigenvalue weighted by atomic mass is 127. The van der Waals surface area contributed by atoms with E-state index in [1.807, 2.05) is 49.2 Å². The molecular formula is C20H27IN4O4.